The van der Waals surface area contributed by atoms with E-state index in [-0.39, 0.29) is 5.82 Å². The quantitative estimate of drug-likeness (QED) is 0.510. The van der Waals surface area contributed by atoms with Gasteiger partial charge >= 0.3 is 0 Å². The van der Waals surface area contributed by atoms with Gasteiger partial charge in [0, 0.05) is 38.5 Å². The zero-order valence-corrected chi connectivity index (χ0v) is 15.1. The molecular weight excluding hydrogens is 349 g/mol. The van der Waals surface area contributed by atoms with E-state index in [4.69, 9.17) is 4.74 Å². The van der Waals surface area contributed by atoms with Crippen LogP contribution < -0.4 is 15.4 Å². The predicted molar refractivity (Wildman–Crippen MR) is 98.8 cm³/mol. The van der Waals surface area contributed by atoms with Gasteiger partial charge in [-0.25, -0.2) is 14.4 Å². The Balaban J connectivity index is 1.62. The number of rotatable bonds is 6. The van der Waals surface area contributed by atoms with Crippen LogP contribution in [0.3, 0.4) is 0 Å². The van der Waals surface area contributed by atoms with Crippen LogP contribution in [0.15, 0.2) is 53.9 Å². The van der Waals surface area contributed by atoms with Gasteiger partial charge < -0.3 is 15.4 Å². The summed E-state index contributed by atoms with van der Waals surface area (Å²) in [5, 5.41) is 10.4. The number of nitrogens with one attached hydrogen (secondary N) is 2. The van der Waals surface area contributed by atoms with Crippen LogP contribution in [-0.4, -0.2) is 32.8 Å². The number of hydrogen-bond donors (Lipinski definition) is 2. The second-order valence-corrected chi connectivity index (χ2v) is 5.61. The molecule has 27 heavy (non-hydrogen) atoms. The maximum atomic E-state index is 13.4. The summed E-state index contributed by atoms with van der Waals surface area (Å²) in [6, 6.07) is 9.63. The monoisotopic (exact) mass is 369 g/mol. The number of aromatic nitrogens is 4. The van der Waals surface area contributed by atoms with Crippen molar-refractivity contribution in [2.24, 2.45) is 12.0 Å². The van der Waals surface area contributed by atoms with Gasteiger partial charge in [0.2, 0.25) is 5.88 Å². The summed E-state index contributed by atoms with van der Waals surface area (Å²) in [5.41, 5.74) is 0.809. The van der Waals surface area contributed by atoms with Crippen molar-refractivity contribution in [1.29, 1.82) is 0 Å². The van der Waals surface area contributed by atoms with Gasteiger partial charge in [0.25, 0.3) is 0 Å². The number of ether oxygens (including phenoxy) is 1. The van der Waals surface area contributed by atoms with E-state index < -0.39 is 0 Å². The Kier molecular flexibility index (Phi) is 5.93. The molecule has 0 unspecified atom stereocenters. The minimum Gasteiger partial charge on any atom is -0.439 e. The first-order valence-corrected chi connectivity index (χ1v) is 8.30. The molecule has 0 spiro atoms. The number of guanidine groups is 1. The van der Waals surface area contributed by atoms with Crippen molar-refractivity contribution in [2.45, 2.75) is 13.1 Å². The summed E-state index contributed by atoms with van der Waals surface area (Å²) in [6.45, 7) is 0.910. The minimum absolute atomic E-state index is 0.364. The highest BCUT2D eigenvalue weighted by Crippen LogP contribution is 2.23. The average Bonchev–Trinajstić information content (AvgIpc) is 3.08. The van der Waals surface area contributed by atoms with Crippen molar-refractivity contribution in [3.63, 3.8) is 0 Å². The number of aryl methyl sites for hydroxylation is 1. The van der Waals surface area contributed by atoms with Crippen LogP contribution >= 0.6 is 0 Å². The summed E-state index contributed by atoms with van der Waals surface area (Å²) >= 11 is 0. The Labute approximate surface area is 156 Å². The van der Waals surface area contributed by atoms with Crippen LogP contribution in [0.1, 0.15) is 11.4 Å². The summed E-state index contributed by atoms with van der Waals surface area (Å²) < 4.78 is 20.8. The van der Waals surface area contributed by atoms with E-state index in [1.807, 2.05) is 19.2 Å². The summed E-state index contributed by atoms with van der Waals surface area (Å²) in [6.07, 6.45) is 3.12. The highest BCUT2D eigenvalue weighted by Gasteiger charge is 2.08. The van der Waals surface area contributed by atoms with Gasteiger partial charge in [-0.3, -0.25) is 9.67 Å². The SMILES string of the molecule is CN=C(NCc1cccnc1Oc1cccc(F)c1)NCc1ncnn1C. The number of pyridine rings is 1. The first-order valence-electron chi connectivity index (χ1n) is 8.30. The number of hydrogen-bond acceptors (Lipinski definition) is 5. The van der Waals surface area contributed by atoms with Crippen LogP contribution in [0.25, 0.3) is 0 Å². The number of benzene rings is 1. The maximum absolute atomic E-state index is 13.4. The summed E-state index contributed by atoms with van der Waals surface area (Å²) in [4.78, 5) is 12.6. The molecule has 0 amide bonds. The van der Waals surface area contributed by atoms with Crippen molar-refractivity contribution in [3.8, 4) is 11.6 Å². The third kappa shape index (κ3) is 5.00. The molecule has 2 heterocycles. The van der Waals surface area contributed by atoms with E-state index in [0.29, 0.717) is 30.7 Å². The molecule has 0 saturated heterocycles. The molecular formula is C18H20FN7O. The van der Waals surface area contributed by atoms with E-state index >= 15 is 0 Å². The molecule has 0 atom stereocenters. The van der Waals surface area contributed by atoms with Gasteiger partial charge in [-0.1, -0.05) is 12.1 Å². The first kappa shape index (κ1) is 18.3. The predicted octanol–water partition coefficient (Wildman–Crippen LogP) is 2.01. The normalized spacial score (nSPS) is 11.3. The summed E-state index contributed by atoms with van der Waals surface area (Å²) in [5.74, 6) is 1.81. The molecule has 9 heteroatoms. The lowest BCUT2D eigenvalue weighted by Gasteiger charge is -2.14. The van der Waals surface area contributed by atoms with Crippen molar-refractivity contribution < 1.29 is 9.13 Å². The van der Waals surface area contributed by atoms with Crippen LogP contribution in [0.5, 0.6) is 11.6 Å². The van der Waals surface area contributed by atoms with Crippen molar-refractivity contribution in [3.05, 3.63) is 66.1 Å². The topological polar surface area (TPSA) is 89.2 Å². The maximum Gasteiger partial charge on any atom is 0.224 e. The van der Waals surface area contributed by atoms with Gasteiger partial charge in [-0.05, 0) is 18.2 Å². The smallest absolute Gasteiger partial charge is 0.224 e. The average molecular weight is 369 g/mol. The third-order valence-electron chi connectivity index (χ3n) is 3.75. The third-order valence-corrected chi connectivity index (χ3v) is 3.75. The molecule has 2 aromatic heterocycles. The molecule has 0 aliphatic carbocycles. The Morgan fingerprint density at radius 1 is 1.19 bits per heavy atom. The van der Waals surface area contributed by atoms with E-state index in [9.17, 15) is 4.39 Å². The van der Waals surface area contributed by atoms with Crippen LogP contribution in [0.2, 0.25) is 0 Å². The number of aliphatic imine (C=N–C) groups is 1. The second-order valence-electron chi connectivity index (χ2n) is 5.61. The molecule has 2 N–H and O–H groups in total. The molecule has 0 aliphatic heterocycles. The lowest BCUT2D eigenvalue weighted by atomic mass is 10.2. The Hall–Kier alpha value is -3.49. The van der Waals surface area contributed by atoms with Crippen molar-refractivity contribution in [1.82, 2.24) is 30.4 Å². The molecule has 0 bridgehead atoms. The minimum atomic E-state index is -0.364. The molecule has 1 aromatic carbocycles. The van der Waals surface area contributed by atoms with Crippen LogP contribution in [0.4, 0.5) is 4.39 Å². The lowest BCUT2D eigenvalue weighted by molar-refractivity contribution is 0.450. The van der Waals surface area contributed by atoms with Gasteiger partial charge in [0.1, 0.15) is 23.7 Å². The highest BCUT2D eigenvalue weighted by atomic mass is 19.1. The molecule has 0 radical (unpaired) electrons. The Morgan fingerprint density at radius 2 is 2.04 bits per heavy atom. The fourth-order valence-corrected chi connectivity index (χ4v) is 2.34. The first-order chi connectivity index (χ1) is 13.2. The molecule has 0 aliphatic rings. The highest BCUT2D eigenvalue weighted by molar-refractivity contribution is 5.79. The molecule has 0 saturated carbocycles. The van der Waals surface area contributed by atoms with Crippen LogP contribution in [-0.2, 0) is 20.1 Å². The van der Waals surface area contributed by atoms with Crippen LogP contribution in [0, 0.1) is 5.82 Å². The summed E-state index contributed by atoms with van der Waals surface area (Å²) in [7, 11) is 3.51. The molecule has 0 fully saturated rings. The van der Waals surface area contributed by atoms with Gasteiger partial charge in [0.05, 0.1) is 6.54 Å². The van der Waals surface area contributed by atoms with E-state index in [2.05, 4.69) is 30.7 Å². The fourth-order valence-electron chi connectivity index (χ4n) is 2.34. The molecule has 140 valence electrons. The van der Waals surface area contributed by atoms with Gasteiger partial charge in [0.15, 0.2) is 5.96 Å². The molecule has 8 nitrogen and oxygen atoms in total. The number of nitrogens with zero attached hydrogens (tertiary/aromatic N) is 5. The zero-order chi connectivity index (χ0) is 19.1. The number of halogens is 1. The largest absolute Gasteiger partial charge is 0.439 e. The zero-order valence-electron chi connectivity index (χ0n) is 15.1. The van der Waals surface area contributed by atoms with Crippen molar-refractivity contribution >= 4 is 5.96 Å². The Bertz CT molecular complexity index is 925. The van der Waals surface area contributed by atoms with E-state index in [0.717, 1.165) is 11.4 Å². The van der Waals surface area contributed by atoms with E-state index in [1.165, 1.54) is 18.5 Å². The van der Waals surface area contributed by atoms with Gasteiger partial charge in [-0.15, -0.1) is 0 Å². The fraction of sp³-hybridized carbons (Fsp3) is 0.222. The second kappa shape index (κ2) is 8.75. The lowest BCUT2D eigenvalue weighted by Crippen LogP contribution is -2.37. The van der Waals surface area contributed by atoms with E-state index in [1.54, 1.807) is 30.1 Å². The molecule has 3 aromatic rings. The Morgan fingerprint density at radius 3 is 2.78 bits per heavy atom. The van der Waals surface area contributed by atoms with Gasteiger partial charge in [-0.2, -0.15) is 5.10 Å². The van der Waals surface area contributed by atoms with Crippen molar-refractivity contribution in [2.75, 3.05) is 7.05 Å². The molecule has 3 rings (SSSR count). The standard InChI is InChI=1S/C18H20FN7O/c1-20-18(23-11-16-24-12-25-26(16)2)22-10-13-5-4-8-21-17(13)27-15-7-3-6-14(19)9-15/h3-9,12H,10-11H2,1-2H3,(H2,20,22,23).